The predicted molar refractivity (Wildman–Crippen MR) is 149 cm³/mol. The third kappa shape index (κ3) is 7.59. The summed E-state index contributed by atoms with van der Waals surface area (Å²) in [5.74, 6) is 1.22. The number of ether oxygens (including phenoxy) is 3. The molecule has 0 aliphatic carbocycles. The first-order valence-electron chi connectivity index (χ1n) is 11.4. The second-order valence-corrected chi connectivity index (χ2v) is 9.29. The average Bonchev–Trinajstić information content (AvgIpc) is 2.92. The first-order chi connectivity index (χ1) is 18.0. The molecule has 6 nitrogen and oxygen atoms in total. The van der Waals surface area contributed by atoms with Crippen LogP contribution in [0.25, 0.3) is 0 Å². The van der Waals surface area contributed by atoms with E-state index in [2.05, 4.69) is 26.5 Å². The number of amides is 1. The number of rotatable bonds is 10. The van der Waals surface area contributed by atoms with Crippen molar-refractivity contribution in [3.8, 4) is 17.2 Å². The van der Waals surface area contributed by atoms with Crippen LogP contribution in [0.1, 0.15) is 27.0 Å². The molecule has 0 unspecified atom stereocenters. The van der Waals surface area contributed by atoms with Gasteiger partial charge >= 0.3 is 0 Å². The van der Waals surface area contributed by atoms with Gasteiger partial charge in [-0.3, -0.25) is 4.79 Å². The quantitative estimate of drug-likeness (QED) is 0.162. The molecule has 8 heteroatoms. The first kappa shape index (κ1) is 26.3. The highest BCUT2D eigenvalue weighted by Gasteiger charge is 2.11. The summed E-state index contributed by atoms with van der Waals surface area (Å²) in [6.07, 6.45) is 1.53. The number of nitrogens with zero attached hydrogens (tertiary/aromatic N) is 1. The van der Waals surface area contributed by atoms with E-state index in [1.165, 1.54) is 13.3 Å². The molecule has 0 atom stereocenters. The van der Waals surface area contributed by atoms with E-state index in [1.54, 1.807) is 18.2 Å². The van der Waals surface area contributed by atoms with Gasteiger partial charge in [0.2, 0.25) is 0 Å². The highest BCUT2D eigenvalue weighted by Crippen LogP contribution is 2.29. The van der Waals surface area contributed by atoms with Gasteiger partial charge in [0.25, 0.3) is 5.91 Å². The molecule has 4 aromatic carbocycles. The number of halogens is 2. The molecule has 0 aromatic heterocycles. The fourth-order valence-electron chi connectivity index (χ4n) is 3.43. The van der Waals surface area contributed by atoms with Gasteiger partial charge in [0, 0.05) is 20.6 Å². The van der Waals surface area contributed by atoms with E-state index in [4.69, 9.17) is 25.8 Å². The van der Waals surface area contributed by atoms with Crippen molar-refractivity contribution >= 4 is 39.7 Å². The topological polar surface area (TPSA) is 69.2 Å². The second-order valence-electron chi connectivity index (χ2n) is 7.94. The van der Waals surface area contributed by atoms with E-state index in [1.807, 2.05) is 72.8 Å². The van der Waals surface area contributed by atoms with E-state index >= 15 is 0 Å². The third-order valence-electron chi connectivity index (χ3n) is 5.29. The molecular formula is C29H24BrClN2O4. The van der Waals surface area contributed by atoms with Gasteiger partial charge in [-0.1, -0.05) is 70.0 Å². The van der Waals surface area contributed by atoms with Gasteiger partial charge in [-0.05, 0) is 59.7 Å². The Bertz CT molecular complexity index is 1400. The van der Waals surface area contributed by atoms with Crippen LogP contribution in [-0.4, -0.2) is 19.2 Å². The Hall–Kier alpha value is -3.81. The van der Waals surface area contributed by atoms with Crippen LogP contribution in [-0.2, 0) is 13.2 Å². The summed E-state index contributed by atoms with van der Waals surface area (Å²) in [5, 5.41) is 4.77. The molecule has 4 rings (SSSR count). The molecule has 0 aliphatic rings. The van der Waals surface area contributed by atoms with E-state index in [9.17, 15) is 4.79 Å². The fourth-order valence-corrected chi connectivity index (χ4v) is 4.02. The lowest BCUT2D eigenvalue weighted by atomic mass is 10.2. The predicted octanol–water partition coefficient (Wildman–Crippen LogP) is 7.03. The van der Waals surface area contributed by atoms with Gasteiger partial charge in [0.05, 0.1) is 13.3 Å². The van der Waals surface area contributed by atoms with Crippen molar-refractivity contribution in [3.05, 3.63) is 123 Å². The number of hydrazone groups is 1. The van der Waals surface area contributed by atoms with Crippen molar-refractivity contribution in [1.29, 1.82) is 0 Å². The van der Waals surface area contributed by atoms with Gasteiger partial charge in [-0.2, -0.15) is 5.10 Å². The molecule has 1 amide bonds. The van der Waals surface area contributed by atoms with E-state index < -0.39 is 0 Å². The van der Waals surface area contributed by atoms with Gasteiger partial charge < -0.3 is 14.2 Å². The number of benzene rings is 4. The van der Waals surface area contributed by atoms with Crippen LogP contribution >= 0.6 is 27.5 Å². The average molecular weight is 580 g/mol. The minimum absolute atomic E-state index is 0.341. The highest BCUT2D eigenvalue weighted by molar-refractivity contribution is 9.10. The Labute approximate surface area is 229 Å². The molecule has 0 saturated carbocycles. The second kappa shape index (κ2) is 12.9. The summed E-state index contributed by atoms with van der Waals surface area (Å²) in [7, 11) is 1.53. The number of carbonyl (C=O) groups is 1. The summed E-state index contributed by atoms with van der Waals surface area (Å²) in [5.41, 5.74) is 5.60. The number of hydrogen-bond donors (Lipinski definition) is 1. The summed E-state index contributed by atoms with van der Waals surface area (Å²) < 4.78 is 18.1. The largest absolute Gasteiger partial charge is 0.493 e. The minimum atomic E-state index is -0.388. The highest BCUT2D eigenvalue weighted by atomic mass is 79.9. The SMILES string of the molecule is COc1cc(C(=O)N/N=C/c2cc(Br)ccc2OCc2cccc(Cl)c2)ccc1OCc1ccccc1. The molecule has 0 radical (unpaired) electrons. The monoisotopic (exact) mass is 578 g/mol. The van der Waals surface area contributed by atoms with Crippen LogP contribution < -0.4 is 19.6 Å². The van der Waals surface area contributed by atoms with Crippen molar-refractivity contribution in [3.63, 3.8) is 0 Å². The normalized spacial score (nSPS) is 10.8. The smallest absolute Gasteiger partial charge is 0.271 e. The molecule has 0 spiro atoms. The lowest BCUT2D eigenvalue weighted by Gasteiger charge is -2.12. The molecule has 4 aromatic rings. The summed E-state index contributed by atoms with van der Waals surface area (Å²) in [4.78, 5) is 12.7. The Morgan fingerprint density at radius 1 is 0.865 bits per heavy atom. The Morgan fingerprint density at radius 2 is 1.59 bits per heavy atom. The number of methoxy groups -OCH3 is 1. The maximum atomic E-state index is 12.7. The van der Waals surface area contributed by atoms with E-state index in [-0.39, 0.29) is 5.91 Å². The Balaban J connectivity index is 1.40. The summed E-state index contributed by atoms with van der Waals surface area (Å²) in [6, 6.07) is 27.8. The van der Waals surface area contributed by atoms with E-state index in [0.29, 0.717) is 46.6 Å². The lowest BCUT2D eigenvalue weighted by molar-refractivity contribution is 0.0954. The maximum Gasteiger partial charge on any atom is 0.271 e. The summed E-state index contributed by atoms with van der Waals surface area (Å²) >= 11 is 9.52. The number of carbonyl (C=O) groups excluding carboxylic acids is 1. The van der Waals surface area contributed by atoms with Crippen molar-refractivity contribution in [1.82, 2.24) is 5.43 Å². The molecule has 0 heterocycles. The summed E-state index contributed by atoms with van der Waals surface area (Å²) in [6.45, 7) is 0.731. The van der Waals surface area contributed by atoms with Crippen LogP contribution in [0.2, 0.25) is 5.02 Å². The Morgan fingerprint density at radius 3 is 2.38 bits per heavy atom. The zero-order valence-corrected chi connectivity index (χ0v) is 22.3. The van der Waals surface area contributed by atoms with Crippen molar-refractivity contribution in [2.24, 2.45) is 5.10 Å². The molecule has 0 aliphatic heterocycles. The molecular weight excluding hydrogens is 556 g/mol. The van der Waals surface area contributed by atoms with Crippen molar-refractivity contribution < 1.29 is 19.0 Å². The van der Waals surface area contributed by atoms with Gasteiger partial charge in [-0.15, -0.1) is 0 Å². The van der Waals surface area contributed by atoms with Crippen LogP contribution in [0, 0.1) is 0 Å². The van der Waals surface area contributed by atoms with Crippen molar-refractivity contribution in [2.75, 3.05) is 7.11 Å². The van der Waals surface area contributed by atoms with E-state index in [0.717, 1.165) is 15.6 Å². The van der Waals surface area contributed by atoms with Crippen LogP contribution in [0.3, 0.4) is 0 Å². The zero-order valence-electron chi connectivity index (χ0n) is 20.0. The van der Waals surface area contributed by atoms with Gasteiger partial charge in [-0.25, -0.2) is 5.43 Å². The standard InChI is InChI=1S/C29H24BrClN2O4/c1-35-28-16-22(10-12-27(28)37-18-20-6-3-2-4-7-20)29(34)33-32-17-23-15-24(30)11-13-26(23)36-19-21-8-5-9-25(31)14-21/h2-17H,18-19H2,1H3,(H,33,34)/b32-17+. The van der Waals surface area contributed by atoms with Crippen LogP contribution in [0.15, 0.2) is 101 Å². The lowest BCUT2D eigenvalue weighted by Crippen LogP contribution is -2.17. The van der Waals surface area contributed by atoms with Crippen LogP contribution in [0.5, 0.6) is 17.2 Å². The van der Waals surface area contributed by atoms with Gasteiger partial charge in [0.1, 0.15) is 19.0 Å². The maximum absolute atomic E-state index is 12.7. The number of hydrogen-bond acceptors (Lipinski definition) is 5. The van der Waals surface area contributed by atoms with Crippen LogP contribution in [0.4, 0.5) is 0 Å². The third-order valence-corrected chi connectivity index (χ3v) is 6.02. The number of nitrogens with one attached hydrogen (secondary N) is 1. The molecule has 0 saturated heterocycles. The molecule has 37 heavy (non-hydrogen) atoms. The minimum Gasteiger partial charge on any atom is -0.493 e. The molecule has 0 fully saturated rings. The molecule has 0 bridgehead atoms. The molecule has 1 N–H and O–H groups in total. The zero-order chi connectivity index (χ0) is 26.0. The Kier molecular flexibility index (Phi) is 9.18. The van der Waals surface area contributed by atoms with Crippen molar-refractivity contribution in [2.45, 2.75) is 13.2 Å². The fraction of sp³-hybridized carbons (Fsp3) is 0.103. The first-order valence-corrected chi connectivity index (χ1v) is 12.5. The van der Waals surface area contributed by atoms with Gasteiger partial charge in [0.15, 0.2) is 11.5 Å². The molecule has 188 valence electrons.